The van der Waals surface area contributed by atoms with Gasteiger partial charge in [-0.25, -0.2) is 12.8 Å². The van der Waals surface area contributed by atoms with E-state index in [1.807, 2.05) is 0 Å². The van der Waals surface area contributed by atoms with Crippen molar-refractivity contribution in [3.63, 3.8) is 0 Å². The van der Waals surface area contributed by atoms with Gasteiger partial charge >= 0.3 is 0 Å². The van der Waals surface area contributed by atoms with Crippen molar-refractivity contribution >= 4 is 9.84 Å². The molecular formula is C16H24FNO2S. The molecule has 5 heteroatoms. The van der Waals surface area contributed by atoms with E-state index in [1.54, 1.807) is 12.1 Å². The number of unbranched alkanes of at least 4 members (excludes halogenated alkanes) is 1. The Bertz CT molecular complexity index is 542. The van der Waals surface area contributed by atoms with Gasteiger partial charge < -0.3 is 5.32 Å². The molecule has 1 aromatic rings. The first kappa shape index (κ1) is 16.4. The fourth-order valence-corrected chi connectivity index (χ4v) is 4.63. The molecule has 3 nitrogen and oxygen atoms in total. The monoisotopic (exact) mass is 313 g/mol. The quantitative estimate of drug-likeness (QED) is 0.840. The zero-order chi connectivity index (χ0) is 15.3. The van der Waals surface area contributed by atoms with Gasteiger partial charge in [0, 0.05) is 12.6 Å². The van der Waals surface area contributed by atoms with Gasteiger partial charge in [0.05, 0.1) is 11.0 Å². The van der Waals surface area contributed by atoms with Crippen molar-refractivity contribution in [1.82, 2.24) is 5.32 Å². The third-order valence-corrected chi connectivity index (χ3v) is 6.45. The Kier molecular flexibility index (Phi) is 5.76. The lowest BCUT2D eigenvalue weighted by Gasteiger charge is -2.21. The topological polar surface area (TPSA) is 46.2 Å². The number of benzene rings is 1. The zero-order valence-corrected chi connectivity index (χ0v) is 13.3. The molecule has 1 fully saturated rings. The Labute approximate surface area is 126 Å². The van der Waals surface area contributed by atoms with Gasteiger partial charge in [-0.3, -0.25) is 0 Å². The first-order chi connectivity index (χ1) is 10.0. The summed E-state index contributed by atoms with van der Waals surface area (Å²) < 4.78 is 36.8. The smallest absolute Gasteiger partial charge is 0.154 e. The molecule has 0 spiro atoms. The predicted molar refractivity (Wildman–Crippen MR) is 83.5 cm³/mol. The average molecular weight is 313 g/mol. The van der Waals surface area contributed by atoms with Gasteiger partial charge in [-0.2, -0.15) is 0 Å². The van der Waals surface area contributed by atoms with Gasteiger partial charge in [0.15, 0.2) is 9.84 Å². The van der Waals surface area contributed by atoms with Crippen LogP contribution in [0.5, 0.6) is 0 Å². The van der Waals surface area contributed by atoms with Gasteiger partial charge in [0.25, 0.3) is 0 Å². The molecule has 0 aliphatic carbocycles. The van der Waals surface area contributed by atoms with Crippen molar-refractivity contribution in [2.75, 3.05) is 12.3 Å². The minimum atomic E-state index is -2.91. The maximum Gasteiger partial charge on any atom is 0.154 e. The molecule has 2 rings (SSSR count). The zero-order valence-electron chi connectivity index (χ0n) is 12.5. The first-order valence-corrected chi connectivity index (χ1v) is 9.45. The Morgan fingerprint density at radius 2 is 2.05 bits per heavy atom. The van der Waals surface area contributed by atoms with Crippen molar-refractivity contribution in [2.45, 2.75) is 50.3 Å². The minimum absolute atomic E-state index is 0.0985. The van der Waals surface area contributed by atoms with Crippen molar-refractivity contribution in [1.29, 1.82) is 0 Å². The molecule has 1 aromatic carbocycles. The highest BCUT2D eigenvalue weighted by molar-refractivity contribution is 7.92. The van der Waals surface area contributed by atoms with Crippen molar-refractivity contribution in [3.8, 4) is 0 Å². The number of rotatable bonds is 7. The summed E-state index contributed by atoms with van der Waals surface area (Å²) >= 11 is 0. The second kappa shape index (κ2) is 7.36. The number of sulfone groups is 1. The molecule has 1 saturated heterocycles. The predicted octanol–water partition coefficient (Wildman–Crippen LogP) is 3.22. The highest BCUT2D eigenvalue weighted by Crippen LogP contribution is 2.23. The van der Waals surface area contributed by atoms with Crippen LogP contribution in [0.3, 0.4) is 0 Å². The Morgan fingerprint density at radius 3 is 2.62 bits per heavy atom. The summed E-state index contributed by atoms with van der Waals surface area (Å²) in [5.41, 5.74) is 1.03. The van der Waals surface area contributed by atoms with Crippen LogP contribution in [0.1, 0.15) is 50.6 Å². The van der Waals surface area contributed by atoms with E-state index in [1.165, 1.54) is 12.1 Å². The summed E-state index contributed by atoms with van der Waals surface area (Å²) in [7, 11) is -2.91. The van der Waals surface area contributed by atoms with E-state index >= 15 is 0 Å². The molecule has 1 aliphatic heterocycles. The van der Waals surface area contributed by atoms with Crippen LogP contribution < -0.4 is 5.32 Å². The molecule has 1 N–H and O–H groups in total. The van der Waals surface area contributed by atoms with Crippen molar-refractivity contribution < 1.29 is 12.8 Å². The SMILES string of the molecule is CCCCC(NCC1CCCS1(=O)=O)c1ccc(F)cc1. The fraction of sp³-hybridized carbons (Fsp3) is 0.625. The normalized spacial score (nSPS) is 22.3. The highest BCUT2D eigenvalue weighted by atomic mass is 32.2. The number of nitrogens with one attached hydrogen (secondary N) is 1. The molecule has 1 heterocycles. The number of hydrogen-bond donors (Lipinski definition) is 1. The summed E-state index contributed by atoms with van der Waals surface area (Å²) in [6, 6.07) is 6.59. The summed E-state index contributed by atoms with van der Waals surface area (Å²) in [6.07, 6.45) is 4.60. The van der Waals surface area contributed by atoms with E-state index < -0.39 is 9.84 Å². The van der Waals surface area contributed by atoms with Crippen LogP contribution in [0.15, 0.2) is 24.3 Å². The maximum absolute atomic E-state index is 13.0. The van der Waals surface area contributed by atoms with Crippen LogP contribution in [-0.4, -0.2) is 26.0 Å². The minimum Gasteiger partial charge on any atom is -0.309 e. The average Bonchev–Trinajstić information content (AvgIpc) is 2.79. The van der Waals surface area contributed by atoms with E-state index in [9.17, 15) is 12.8 Å². The molecule has 0 radical (unpaired) electrons. The number of halogens is 1. The van der Waals surface area contributed by atoms with Crippen LogP contribution in [0.4, 0.5) is 4.39 Å². The third kappa shape index (κ3) is 4.51. The Hall–Kier alpha value is -0.940. The third-order valence-electron chi connectivity index (χ3n) is 4.17. The lowest BCUT2D eigenvalue weighted by atomic mass is 10.0. The van der Waals surface area contributed by atoms with Gasteiger partial charge in [-0.05, 0) is 37.0 Å². The number of hydrogen-bond acceptors (Lipinski definition) is 3. The first-order valence-electron chi connectivity index (χ1n) is 7.73. The van der Waals surface area contributed by atoms with Gasteiger partial charge in [-0.1, -0.05) is 31.9 Å². The second-order valence-electron chi connectivity index (χ2n) is 5.79. The van der Waals surface area contributed by atoms with E-state index in [0.717, 1.165) is 37.7 Å². The van der Waals surface area contributed by atoms with Crippen molar-refractivity contribution in [2.24, 2.45) is 0 Å². The molecule has 2 unspecified atom stereocenters. The Morgan fingerprint density at radius 1 is 1.33 bits per heavy atom. The molecule has 0 aromatic heterocycles. The largest absolute Gasteiger partial charge is 0.309 e. The highest BCUT2D eigenvalue weighted by Gasteiger charge is 2.31. The molecule has 0 bridgehead atoms. The lowest BCUT2D eigenvalue weighted by Crippen LogP contribution is -2.33. The van der Waals surface area contributed by atoms with Crippen LogP contribution in [0, 0.1) is 5.82 Å². The summed E-state index contributed by atoms with van der Waals surface area (Å²) in [5.74, 6) is 0.0709. The van der Waals surface area contributed by atoms with Crippen molar-refractivity contribution in [3.05, 3.63) is 35.6 Å². The van der Waals surface area contributed by atoms with Gasteiger partial charge in [0.2, 0.25) is 0 Å². The molecule has 1 aliphatic rings. The van der Waals surface area contributed by atoms with Crippen LogP contribution in [0.2, 0.25) is 0 Å². The molecule has 21 heavy (non-hydrogen) atoms. The summed E-state index contributed by atoms with van der Waals surface area (Å²) in [5, 5.41) is 3.12. The van der Waals surface area contributed by atoms with Crippen LogP contribution >= 0.6 is 0 Å². The fourth-order valence-electron chi connectivity index (χ4n) is 2.85. The summed E-state index contributed by atoms with van der Waals surface area (Å²) in [4.78, 5) is 0. The van der Waals surface area contributed by atoms with E-state index in [0.29, 0.717) is 12.3 Å². The van der Waals surface area contributed by atoms with Gasteiger partial charge in [-0.15, -0.1) is 0 Å². The Balaban J connectivity index is 2.01. The van der Waals surface area contributed by atoms with E-state index in [-0.39, 0.29) is 17.1 Å². The standard InChI is InChI=1S/C16H24FNO2S/c1-2-3-6-16(13-7-9-14(17)10-8-13)18-12-15-5-4-11-21(15,19)20/h7-10,15-16,18H,2-6,11-12H2,1H3. The van der Waals surface area contributed by atoms with Crippen LogP contribution in [-0.2, 0) is 9.84 Å². The molecule has 118 valence electrons. The molecule has 0 saturated carbocycles. The summed E-state index contributed by atoms with van der Waals surface area (Å²) in [6.45, 7) is 2.62. The lowest BCUT2D eigenvalue weighted by molar-refractivity contribution is 0.471. The maximum atomic E-state index is 13.0. The molecular weight excluding hydrogens is 289 g/mol. The second-order valence-corrected chi connectivity index (χ2v) is 8.19. The van der Waals surface area contributed by atoms with Gasteiger partial charge in [0.1, 0.15) is 5.82 Å². The molecule has 2 atom stereocenters. The molecule has 0 amide bonds. The van der Waals surface area contributed by atoms with E-state index in [2.05, 4.69) is 12.2 Å². The van der Waals surface area contributed by atoms with E-state index in [4.69, 9.17) is 0 Å². The van der Waals surface area contributed by atoms with Crippen LogP contribution in [0.25, 0.3) is 0 Å².